The highest BCUT2D eigenvalue weighted by atomic mass is 16.2. The van der Waals surface area contributed by atoms with E-state index in [1.165, 1.54) is 4.90 Å². The maximum atomic E-state index is 12.6. The molecule has 0 aromatic rings. The molecule has 0 spiro atoms. The topological polar surface area (TPSA) is 66.6 Å². The minimum atomic E-state index is -0.0210. The first kappa shape index (κ1) is 17.0. The number of rotatable bonds is 5. The highest BCUT2D eigenvalue weighted by molar-refractivity contribution is 5.85. The number of nitrogens with zero attached hydrogens (tertiary/aromatic N) is 2. The Bertz CT molecular complexity index is 344. The molecule has 0 heterocycles. The third-order valence-electron chi connectivity index (χ3n) is 4.22. The summed E-state index contributed by atoms with van der Waals surface area (Å²) in [6, 6.07) is 0.210. The van der Waals surface area contributed by atoms with E-state index < -0.39 is 0 Å². The van der Waals surface area contributed by atoms with Gasteiger partial charge in [-0.3, -0.25) is 9.59 Å². The Morgan fingerprint density at radius 2 is 1.90 bits per heavy atom. The number of likely N-dealkylation sites (N-methyl/N-ethyl adjacent to an activating group) is 1. The molecule has 0 saturated heterocycles. The van der Waals surface area contributed by atoms with E-state index in [9.17, 15) is 9.59 Å². The molecule has 1 rings (SSSR count). The molecule has 3 atom stereocenters. The average molecular weight is 283 g/mol. The van der Waals surface area contributed by atoms with Crippen molar-refractivity contribution in [3.63, 3.8) is 0 Å². The van der Waals surface area contributed by atoms with Crippen LogP contribution < -0.4 is 5.73 Å². The van der Waals surface area contributed by atoms with Crippen molar-refractivity contribution in [2.75, 3.05) is 27.2 Å². The molecule has 20 heavy (non-hydrogen) atoms. The van der Waals surface area contributed by atoms with Crippen LogP contribution in [0.15, 0.2) is 0 Å². The highest BCUT2D eigenvalue weighted by Crippen LogP contribution is 2.29. The Morgan fingerprint density at radius 3 is 2.40 bits per heavy atom. The second-order valence-electron chi connectivity index (χ2n) is 6.20. The number of amides is 2. The fraction of sp³-hybridized carbons (Fsp3) is 0.867. The van der Waals surface area contributed by atoms with E-state index in [2.05, 4.69) is 6.92 Å². The second kappa shape index (κ2) is 7.62. The van der Waals surface area contributed by atoms with Gasteiger partial charge in [0, 0.05) is 32.6 Å². The lowest BCUT2D eigenvalue weighted by Gasteiger charge is -2.34. The van der Waals surface area contributed by atoms with E-state index in [4.69, 9.17) is 5.73 Å². The van der Waals surface area contributed by atoms with Crippen molar-refractivity contribution in [2.24, 2.45) is 17.6 Å². The van der Waals surface area contributed by atoms with E-state index in [0.717, 1.165) is 25.7 Å². The normalized spacial score (nSPS) is 26.1. The van der Waals surface area contributed by atoms with Crippen LogP contribution in [0.25, 0.3) is 0 Å². The maximum Gasteiger partial charge on any atom is 0.241 e. The first-order valence-corrected chi connectivity index (χ1v) is 7.61. The summed E-state index contributed by atoms with van der Waals surface area (Å²) < 4.78 is 0. The van der Waals surface area contributed by atoms with Gasteiger partial charge in [-0.15, -0.1) is 0 Å². The zero-order chi connectivity index (χ0) is 15.3. The van der Waals surface area contributed by atoms with Crippen molar-refractivity contribution in [2.45, 2.75) is 45.6 Å². The van der Waals surface area contributed by atoms with Crippen LogP contribution >= 0.6 is 0 Å². The fourth-order valence-corrected chi connectivity index (χ4v) is 2.74. The van der Waals surface area contributed by atoms with Gasteiger partial charge in [0.15, 0.2) is 0 Å². The molecule has 0 bridgehead atoms. The SMILES string of the molecule is CCCN(CC(=O)N(C)C)C(=O)C1CCC(N)C(C)C1. The molecular formula is C15H29N3O2. The number of carbonyl (C=O) groups is 2. The Labute approximate surface area is 122 Å². The van der Waals surface area contributed by atoms with Crippen molar-refractivity contribution in [3.05, 3.63) is 0 Å². The van der Waals surface area contributed by atoms with Crippen LogP contribution in [-0.4, -0.2) is 54.8 Å². The average Bonchev–Trinajstić information content (AvgIpc) is 2.40. The molecule has 5 nitrogen and oxygen atoms in total. The Balaban J connectivity index is 2.66. The van der Waals surface area contributed by atoms with E-state index in [1.807, 2.05) is 6.92 Å². The zero-order valence-electron chi connectivity index (χ0n) is 13.3. The van der Waals surface area contributed by atoms with Crippen molar-refractivity contribution in [1.29, 1.82) is 0 Å². The van der Waals surface area contributed by atoms with Gasteiger partial charge in [-0.2, -0.15) is 0 Å². The lowest BCUT2D eigenvalue weighted by Crippen LogP contribution is -2.46. The van der Waals surface area contributed by atoms with Gasteiger partial charge in [-0.05, 0) is 31.6 Å². The number of carbonyl (C=O) groups excluding carboxylic acids is 2. The lowest BCUT2D eigenvalue weighted by atomic mass is 9.78. The first-order valence-electron chi connectivity index (χ1n) is 7.61. The van der Waals surface area contributed by atoms with E-state index >= 15 is 0 Å². The quantitative estimate of drug-likeness (QED) is 0.821. The van der Waals surface area contributed by atoms with Gasteiger partial charge in [0.1, 0.15) is 0 Å². The van der Waals surface area contributed by atoms with Gasteiger partial charge in [-0.1, -0.05) is 13.8 Å². The molecule has 5 heteroatoms. The molecule has 3 unspecified atom stereocenters. The maximum absolute atomic E-state index is 12.6. The molecule has 1 aliphatic rings. The molecule has 116 valence electrons. The summed E-state index contributed by atoms with van der Waals surface area (Å²) in [5.74, 6) is 0.519. The molecule has 2 amide bonds. The lowest BCUT2D eigenvalue weighted by molar-refractivity contribution is -0.143. The Hall–Kier alpha value is -1.10. The van der Waals surface area contributed by atoms with Crippen molar-refractivity contribution in [3.8, 4) is 0 Å². The summed E-state index contributed by atoms with van der Waals surface area (Å²) in [6.45, 7) is 4.98. The van der Waals surface area contributed by atoms with Crippen LogP contribution in [0.3, 0.4) is 0 Å². The van der Waals surface area contributed by atoms with Crippen LogP contribution in [0.2, 0.25) is 0 Å². The summed E-state index contributed by atoms with van der Waals surface area (Å²) in [5.41, 5.74) is 6.01. The molecule has 1 fully saturated rings. The van der Waals surface area contributed by atoms with Gasteiger partial charge < -0.3 is 15.5 Å². The van der Waals surface area contributed by atoms with Gasteiger partial charge in [-0.25, -0.2) is 0 Å². The molecule has 0 aromatic heterocycles. The molecular weight excluding hydrogens is 254 g/mol. The minimum Gasteiger partial charge on any atom is -0.347 e. The summed E-state index contributed by atoms with van der Waals surface area (Å²) >= 11 is 0. The molecule has 0 aliphatic heterocycles. The van der Waals surface area contributed by atoms with E-state index in [1.54, 1.807) is 19.0 Å². The summed E-state index contributed by atoms with van der Waals surface area (Å²) in [6.07, 6.45) is 3.46. The molecule has 0 radical (unpaired) electrons. The predicted octanol–water partition coefficient (Wildman–Crippen LogP) is 1.08. The third kappa shape index (κ3) is 4.47. The van der Waals surface area contributed by atoms with Gasteiger partial charge in [0.2, 0.25) is 11.8 Å². The van der Waals surface area contributed by atoms with Crippen LogP contribution in [0.1, 0.15) is 39.5 Å². The number of nitrogens with two attached hydrogens (primary N) is 1. The number of hydrogen-bond acceptors (Lipinski definition) is 3. The van der Waals surface area contributed by atoms with Crippen LogP contribution in [0.4, 0.5) is 0 Å². The Morgan fingerprint density at radius 1 is 1.25 bits per heavy atom. The summed E-state index contributed by atoms with van der Waals surface area (Å²) in [4.78, 5) is 27.7. The van der Waals surface area contributed by atoms with Gasteiger partial charge in [0.05, 0.1) is 6.54 Å². The molecule has 1 aliphatic carbocycles. The molecule has 0 aromatic carbocycles. The van der Waals surface area contributed by atoms with Crippen molar-refractivity contribution >= 4 is 11.8 Å². The van der Waals surface area contributed by atoms with Gasteiger partial charge >= 0.3 is 0 Å². The third-order valence-corrected chi connectivity index (χ3v) is 4.22. The fourth-order valence-electron chi connectivity index (χ4n) is 2.74. The minimum absolute atomic E-state index is 0.0210. The summed E-state index contributed by atoms with van der Waals surface area (Å²) in [5, 5.41) is 0. The molecule has 1 saturated carbocycles. The van der Waals surface area contributed by atoms with E-state index in [0.29, 0.717) is 12.5 Å². The Kier molecular flexibility index (Phi) is 6.46. The predicted molar refractivity (Wildman–Crippen MR) is 80.0 cm³/mol. The van der Waals surface area contributed by atoms with Crippen molar-refractivity contribution < 1.29 is 9.59 Å². The monoisotopic (exact) mass is 283 g/mol. The standard InChI is InChI=1S/C15H29N3O2/c1-5-8-18(10-14(19)17(3)4)15(20)12-6-7-13(16)11(2)9-12/h11-13H,5-10,16H2,1-4H3. The zero-order valence-corrected chi connectivity index (χ0v) is 13.3. The highest BCUT2D eigenvalue weighted by Gasteiger charge is 2.32. The smallest absolute Gasteiger partial charge is 0.241 e. The van der Waals surface area contributed by atoms with Crippen LogP contribution in [0.5, 0.6) is 0 Å². The first-order chi connectivity index (χ1) is 9.36. The molecule has 2 N–H and O–H groups in total. The van der Waals surface area contributed by atoms with Crippen LogP contribution in [0, 0.1) is 11.8 Å². The summed E-state index contributed by atoms with van der Waals surface area (Å²) in [7, 11) is 3.44. The van der Waals surface area contributed by atoms with Gasteiger partial charge in [0.25, 0.3) is 0 Å². The van der Waals surface area contributed by atoms with E-state index in [-0.39, 0.29) is 30.3 Å². The largest absolute Gasteiger partial charge is 0.347 e. The van der Waals surface area contributed by atoms with Crippen molar-refractivity contribution in [1.82, 2.24) is 9.80 Å². The number of hydrogen-bond donors (Lipinski definition) is 1. The van der Waals surface area contributed by atoms with Crippen LogP contribution in [-0.2, 0) is 9.59 Å². The second-order valence-corrected chi connectivity index (χ2v) is 6.20.